The van der Waals surface area contributed by atoms with Gasteiger partial charge in [0.1, 0.15) is 11.6 Å². The quantitative estimate of drug-likeness (QED) is 0.189. The maximum Gasteiger partial charge on any atom is 0.259 e. The summed E-state index contributed by atoms with van der Waals surface area (Å²) in [5.74, 6) is 1.09. The highest BCUT2D eigenvalue weighted by Crippen LogP contribution is 2.41. The van der Waals surface area contributed by atoms with E-state index in [9.17, 15) is 4.79 Å². The molecule has 200 valence electrons. The lowest BCUT2D eigenvalue weighted by atomic mass is 9.95. The highest BCUT2D eigenvalue weighted by atomic mass is 79.9. The number of nitrogens with one attached hydrogen (secondary N) is 1. The minimum absolute atomic E-state index is 0.118. The van der Waals surface area contributed by atoms with E-state index in [0.717, 1.165) is 57.5 Å². The second-order valence-electron chi connectivity index (χ2n) is 9.11. The Kier molecular flexibility index (Phi) is 9.02. The monoisotopic (exact) mass is 622 g/mol. The highest BCUT2D eigenvalue weighted by Gasteiger charge is 2.25. The molecular weight excluding hydrogens is 596 g/mol. The fourth-order valence-corrected chi connectivity index (χ4v) is 6.55. The number of thiophene rings is 1. The molecule has 1 N–H and O–H groups in total. The van der Waals surface area contributed by atoms with E-state index in [1.807, 2.05) is 73.7 Å². The van der Waals surface area contributed by atoms with Gasteiger partial charge in [-0.2, -0.15) is 0 Å². The van der Waals surface area contributed by atoms with E-state index in [-0.39, 0.29) is 5.91 Å². The van der Waals surface area contributed by atoms with Crippen molar-refractivity contribution in [3.05, 3.63) is 103 Å². The lowest BCUT2D eigenvalue weighted by Crippen LogP contribution is -2.14. The molecule has 3 aromatic carbocycles. The molecule has 0 aliphatic heterocycles. The number of carbonyl (C=O) groups is 1. The van der Waals surface area contributed by atoms with Crippen molar-refractivity contribution >= 4 is 61.7 Å². The summed E-state index contributed by atoms with van der Waals surface area (Å²) in [6.07, 6.45) is 5.88. The van der Waals surface area contributed by atoms with Crippen molar-refractivity contribution in [3.8, 4) is 11.5 Å². The van der Waals surface area contributed by atoms with E-state index >= 15 is 0 Å². The molecule has 0 saturated carbocycles. The first-order valence-electron chi connectivity index (χ1n) is 12.9. The van der Waals surface area contributed by atoms with Crippen LogP contribution in [0.15, 0.2) is 76.2 Å². The molecule has 4 aromatic rings. The van der Waals surface area contributed by atoms with E-state index in [2.05, 4.69) is 21.2 Å². The molecule has 1 amide bonds. The van der Waals surface area contributed by atoms with Gasteiger partial charge in [-0.1, -0.05) is 48.0 Å². The zero-order valence-corrected chi connectivity index (χ0v) is 24.7. The van der Waals surface area contributed by atoms with Crippen LogP contribution in [0.25, 0.3) is 0 Å². The Balaban J connectivity index is 1.43. The van der Waals surface area contributed by atoms with Crippen molar-refractivity contribution in [2.45, 2.75) is 39.2 Å². The minimum atomic E-state index is -0.118. The smallest absolute Gasteiger partial charge is 0.259 e. The summed E-state index contributed by atoms with van der Waals surface area (Å²) in [5, 5.41) is 4.43. The van der Waals surface area contributed by atoms with Crippen LogP contribution in [-0.2, 0) is 19.4 Å². The van der Waals surface area contributed by atoms with Gasteiger partial charge in [0, 0.05) is 27.4 Å². The van der Waals surface area contributed by atoms with Crippen molar-refractivity contribution in [2.75, 3.05) is 11.9 Å². The Bertz CT molecular complexity index is 1500. The van der Waals surface area contributed by atoms with E-state index in [4.69, 9.17) is 26.1 Å². The fraction of sp³-hybridized carbons (Fsp3) is 0.226. The van der Waals surface area contributed by atoms with Gasteiger partial charge in [0.25, 0.3) is 5.91 Å². The molecule has 5 rings (SSSR count). The Morgan fingerprint density at radius 3 is 2.64 bits per heavy atom. The number of anilines is 1. The molecule has 1 heterocycles. The van der Waals surface area contributed by atoms with Crippen LogP contribution in [0.3, 0.4) is 0 Å². The van der Waals surface area contributed by atoms with Crippen LogP contribution in [0.1, 0.15) is 51.7 Å². The molecular formula is C31H28BrClN2O3S. The molecule has 0 fully saturated rings. The Morgan fingerprint density at radius 1 is 1.08 bits per heavy atom. The molecule has 0 unspecified atom stereocenters. The van der Waals surface area contributed by atoms with Gasteiger partial charge in [-0.05, 0) is 90.0 Å². The SMILES string of the molecule is CCOc1cc(C=Nc2sc3c(c2C(=O)Nc2ccccc2)CCCC3)cc(Br)c1OCc1ccccc1Cl. The van der Waals surface area contributed by atoms with Crippen LogP contribution >= 0.6 is 38.9 Å². The zero-order chi connectivity index (χ0) is 27.2. The van der Waals surface area contributed by atoms with Gasteiger partial charge < -0.3 is 14.8 Å². The molecule has 0 bridgehead atoms. The third-order valence-electron chi connectivity index (χ3n) is 6.40. The van der Waals surface area contributed by atoms with E-state index < -0.39 is 0 Å². The Hall–Kier alpha value is -3.13. The Labute approximate surface area is 246 Å². The van der Waals surface area contributed by atoms with Crippen molar-refractivity contribution in [3.63, 3.8) is 0 Å². The topological polar surface area (TPSA) is 59.9 Å². The summed E-state index contributed by atoms with van der Waals surface area (Å²) in [6.45, 7) is 2.73. The second-order valence-corrected chi connectivity index (χ2v) is 11.5. The highest BCUT2D eigenvalue weighted by molar-refractivity contribution is 9.10. The Morgan fingerprint density at radius 2 is 1.85 bits per heavy atom. The van der Waals surface area contributed by atoms with E-state index in [1.54, 1.807) is 17.6 Å². The largest absolute Gasteiger partial charge is 0.490 e. The lowest BCUT2D eigenvalue weighted by molar-refractivity contribution is 0.102. The van der Waals surface area contributed by atoms with Gasteiger partial charge >= 0.3 is 0 Å². The van der Waals surface area contributed by atoms with Crippen LogP contribution in [0.4, 0.5) is 10.7 Å². The molecule has 5 nitrogen and oxygen atoms in total. The molecule has 8 heteroatoms. The third-order valence-corrected chi connectivity index (χ3v) is 8.56. The van der Waals surface area contributed by atoms with Crippen molar-refractivity contribution < 1.29 is 14.3 Å². The summed E-state index contributed by atoms with van der Waals surface area (Å²) in [7, 11) is 0. The standard InChI is InChI=1S/C31H28BrClN2O3S/c1-2-37-26-17-20(16-24(32)29(26)38-19-21-10-6-8-14-25(21)33)18-34-31-28(23-13-7-9-15-27(23)39-31)30(36)35-22-11-4-3-5-12-22/h3-6,8,10-12,14,16-18H,2,7,9,13,15,19H2,1H3,(H,35,36). The predicted molar refractivity (Wildman–Crippen MR) is 164 cm³/mol. The van der Waals surface area contributed by atoms with Gasteiger partial charge in [0.2, 0.25) is 0 Å². The number of ether oxygens (including phenoxy) is 2. The minimum Gasteiger partial charge on any atom is -0.490 e. The summed E-state index contributed by atoms with van der Waals surface area (Å²) in [6, 6.07) is 21.0. The molecule has 0 radical (unpaired) electrons. The maximum atomic E-state index is 13.4. The van der Waals surface area contributed by atoms with Crippen molar-refractivity contribution in [1.82, 2.24) is 0 Å². The van der Waals surface area contributed by atoms with E-state index in [1.165, 1.54) is 4.88 Å². The first kappa shape index (κ1) is 27.4. The molecule has 0 saturated heterocycles. The average molecular weight is 624 g/mol. The van der Waals surface area contributed by atoms with Crippen LogP contribution in [0.5, 0.6) is 11.5 Å². The maximum absolute atomic E-state index is 13.4. The summed E-state index contributed by atoms with van der Waals surface area (Å²) < 4.78 is 12.8. The van der Waals surface area contributed by atoms with Gasteiger partial charge in [-0.15, -0.1) is 11.3 Å². The summed E-state index contributed by atoms with van der Waals surface area (Å²) in [4.78, 5) is 19.5. The number of hydrogen-bond donors (Lipinski definition) is 1. The first-order valence-corrected chi connectivity index (χ1v) is 14.9. The van der Waals surface area contributed by atoms with Gasteiger partial charge in [-0.25, -0.2) is 4.99 Å². The van der Waals surface area contributed by atoms with Crippen LogP contribution in [0.2, 0.25) is 5.02 Å². The molecule has 0 atom stereocenters. The number of aliphatic imine (C=N–C) groups is 1. The number of nitrogens with zero attached hydrogens (tertiary/aromatic N) is 1. The van der Waals surface area contributed by atoms with Gasteiger partial charge in [0.15, 0.2) is 11.5 Å². The van der Waals surface area contributed by atoms with Gasteiger partial charge in [-0.3, -0.25) is 4.79 Å². The molecule has 1 aliphatic rings. The average Bonchev–Trinajstić information content (AvgIpc) is 3.32. The zero-order valence-electron chi connectivity index (χ0n) is 21.5. The number of aryl methyl sites for hydroxylation is 1. The predicted octanol–water partition coefficient (Wildman–Crippen LogP) is 9.02. The van der Waals surface area contributed by atoms with E-state index in [0.29, 0.717) is 35.3 Å². The number of rotatable bonds is 9. The number of hydrogen-bond acceptors (Lipinski definition) is 5. The van der Waals surface area contributed by atoms with Crippen molar-refractivity contribution in [2.24, 2.45) is 4.99 Å². The summed E-state index contributed by atoms with van der Waals surface area (Å²) in [5.41, 5.74) is 4.30. The van der Waals surface area contributed by atoms with Crippen molar-refractivity contribution in [1.29, 1.82) is 0 Å². The van der Waals surface area contributed by atoms with Gasteiger partial charge in [0.05, 0.1) is 16.6 Å². The normalized spacial score (nSPS) is 12.8. The van der Waals surface area contributed by atoms with Crippen LogP contribution in [0, 0.1) is 0 Å². The molecule has 1 aromatic heterocycles. The molecule has 0 spiro atoms. The molecule has 1 aliphatic carbocycles. The number of benzene rings is 3. The molecule has 39 heavy (non-hydrogen) atoms. The number of halogens is 2. The number of amides is 1. The second kappa shape index (κ2) is 12.8. The van der Waals surface area contributed by atoms with Crippen LogP contribution in [-0.4, -0.2) is 18.7 Å². The summed E-state index contributed by atoms with van der Waals surface area (Å²) >= 11 is 11.6. The number of para-hydroxylation sites is 1. The van der Waals surface area contributed by atoms with Crippen LogP contribution < -0.4 is 14.8 Å². The number of fused-ring (bicyclic) bond motifs is 1. The first-order chi connectivity index (χ1) is 19.0. The fourth-order valence-electron chi connectivity index (χ4n) is 4.56. The number of carbonyl (C=O) groups excluding carboxylic acids is 1. The lowest BCUT2D eigenvalue weighted by Gasteiger charge is -2.15. The third kappa shape index (κ3) is 6.55.